The highest BCUT2D eigenvalue weighted by Gasteiger charge is 2.14. The molecule has 0 unspecified atom stereocenters. The second kappa shape index (κ2) is 12.6. The number of nitrogens with one attached hydrogen (secondary N) is 1. The van der Waals surface area contributed by atoms with E-state index in [1.54, 1.807) is 24.3 Å². The van der Waals surface area contributed by atoms with E-state index in [0.717, 1.165) is 4.47 Å². The molecule has 0 saturated heterocycles. The number of halogens is 3. The molecule has 0 fully saturated rings. The number of benzene rings is 3. The van der Waals surface area contributed by atoms with Crippen molar-refractivity contribution < 1.29 is 28.7 Å². The lowest BCUT2D eigenvalue weighted by atomic mass is 10.2. The summed E-state index contributed by atoms with van der Waals surface area (Å²) in [6.07, 6.45) is 1.40. The third-order valence-electron chi connectivity index (χ3n) is 4.42. The molecule has 0 aliphatic carbocycles. The molecule has 3 rings (SSSR count). The van der Waals surface area contributed by atoms with Crippen LogP contribution >= 0.6 is 47.8 Å². The Hall–Kier alpha value is -3.29. The predicted molar refractivity (Wildman–Crippen MR) is 142 cm³/mol. The zero-order chi connectivity index (χ0) is 26.2. The first kappa shape index (κ1) is 27.3. The maximum Gasteiger partial charge on any atom is 0.343 e. The minimum Gasteiger partial charge on any atom is -0.493 e. The topological polar surface area (TPSA) is 129 Å². The number of ether oxygens (including phenoxy) is 3. The van der Waals surface area contributed by atoms with Gasteiger partial charge >= 0.3 is 5.97 Å². The number of nitro groups is 1. The maximum absolute atomic E-state index is 12.3. The third kappa shape index (κ3) is 7.35. The molecule has 1 amide bonds. The van der Waals surface area contributed by atoms with E-state index in [4.69, 9.17) is 14.2 Å². The van der Waals surface area contributed by atoms with E-state index in [1.165, 1.54) is 43.7 Å². The molecule has 0 aliphatic rings. The van der Waals surface area contributed by atoms with Crippen LogP contribution in [0.5, 0.6) is 17.2 Å². The van der Waals surface area contributed by atoms with Crippen LogP contribution in [0, 0.1) is 10.1 Å². The molecule has 0 heterocycles. The second-order valence-corrected chi connectivity index (χ2v) is 9.51. The van der Waals surface area contributed by atoms with Crippen molar-refractivity contribution >= 4 is 71.6 Å². The molecular weight excluding hydrogens is 670 g/mol. The fourth-order valence-corrected chi connectivity index (χ4v) is 4.51. The minimum atomic E-state index is -0.673. The van der Waals surface area contributed by atoms with E-state index in [9.17, 15) is 19.7 Å². The number of nitrogens with zero attached hydrogens (tertiary/aromatic N) is 2. The number of carbonyl (C=O) groups excluding carboxylic acids is 2. The summed E-state index contributed by atoms with van der Waals surface area (Å²) in [5, 5.41) is 14.6. The first-order valence-electron chi connectivity index (χ1n) is 9.92. The van der Waals surface area contributed by atoms with E-state index in [0.29, 0.717) is 26.0 Å². The summed E-state index contributed by atoms with van der Waals surface area (Å²) in [4.78, 5) is 34.6. The SMILES string of the molecule is COc1cc(Br)cc(Br)c1OCC(=O)N/N=C\c1ccc(OC(=O)c2ccc([N+](=O)[O-])cc2)c(Br)c1. The zero-order valence-electron chi connectivity index (χ0n) is 18.4. The van der Waals surface area contributed by atoms with Gasteiger partial charge < -0.3 is 14.2 Å². The molecule has 0 saturated carbocycles. The van der Waals surface area contributed by atoms with Gasteiger partial charge in [-0.3, -0.25) is 14.9 Å². The van der Waals surface area contributed by atoms with E-state index in [1.807, 2.05) is 0 Å². The Morgan fingerprint density at radius 3 is 2.39 bits per heavy atom. The Morgan fingerprint density at radius 1 is 1.03 bits per heavy atom. The van der Waals surface area contributed by atoms with Gasteiger partial charge in [-0.25, -0.2) is 10.2 Å². The number of esters is 1. The molecule has 10 nitrogen and oxygen atoms in total. The third-order valence-corrected chi connectivity index (χ3v) is 6.08. The van der Waals surface area contributed by atoms with E-state index in [-0.39, 0.29) is 23.6 Å². The molecule has 0 bridgehead atoms. The summed E-state index contributed by atoms with van der Waals surface area (Å²) in [6, 6.07) is 13.3. The number of nitro benzene ring substituents is 1. The Kier molecular flexibility index (Phi) is 9.56. The van der Waals surface area contributed by atoms with Crippen molar-refractivity contribution in [3.05, 3.63) is 89.3 Å². The number of carbonyl (C=O) groups is 2. The fraction of sp³-hybridized carbons (Fsp3) is 0.0870. The normalized spacial score (nSPS) is 10.7. The van der Waals surface area contributed by atoms with Gasteiger partial charge in [0, 0.05) is 16.6 Å². The van der Waals surface area contributed by atoms with Crippen LogP contribution in [0.1, 0.15) is 15.9 Å². The second-order valence-electron chi connectivity index (χ2n) is 6.88. The van der Waals surface area contributed by atoms with Crippen LogP contribution in [0.4, 0.5) is 5.69 Å². The standard InChI is InChI=1S/C23H16Br3N3O7/c1-34-20-10-15(24)9-18(26)22(20)35-12-21(30)28-27-11-13-2-7-19(17(25)8-13)36-23(31)14-3-5-16(6-4-14)29(32)33/h2-11H,12H2,1H3,(H,28,30)/b27-11-. The number of hydrogen-bond donors (Lipinski definition) is 1. The predicted octanol–water partition coefficient (Wildman–Crippen LogP) is 5.64. The number of amides is 1. The molecular formula is C23H16Br3N3O7. The first-order chi connectivity index (χ1) is 17.2. The van der Waals surface area contributed by atoms with Gasteiger partial charge in [0.25, 0.3) is 11.6 Å². The van der Waals surface area contributed by atoms with Crippen LogP contribution in [0.3, 0.4) is 0 Å². The molecule has 13 heteroatoms. The Morgan fingerprint density at radius 2 is 1.75 bits per heavy atom. The van der Waals surface area contributed by atoms with Crippen molar-refractivity contribution in [2.45, 2.75) is 0 Å². The van der Waals surface area contributed by atoms with Crippen molar-refractivity contribution in [1.82, 2.24) is 5.43 Å². The number of non-ortho nitro benzene ring substituents is 1. The highest BCUT2D eigenvalue weighted by atomic mass is 79.9. The van der Waals surface area contributed by atoms with E-state index >= 15 is 0 Å². The van der Waals surface area contributed by atoms with Crippen molar-refractivity contribution in [2.24, 2.45) is 5.10 Å². The first-order valence-corrected chi connectivity index (χ1v) is 12.3. The van der Waals surface area contributed by atoms with Crippen LogP contribution in [-0.2, 0) is 4.79 Å². The fourth-order valence-electron chi connectivity index (χ4n) is 2.74. The summed E-state index contributed by atoms with van der Waals surface area (Å²) >= 11 is 10.0. The lowest BCUT2D eigenvalue weighted by molar-refractivity contribution is -0.384. The quantitative estimate of drug-likeness (QED) is 0.102. The highest BCUT2D eigenvalue weighted by Crippen LogP contribution is 2.38. The lowest BCUT2D eigenvalue weighted by Gasteiger charge is -2.12. The van der Waals surface area contributed by atoms with Crippen molar-refractivity contribution in [3.8, 4) is 17.2 Å². The smallest absolute Gasteiger partial charge is 0.343 e. The minimum absolute atomic E-state index is 0.129. The Bertz CT molecular complexity index is 1330. The average molecular weight is 686 g/mol. The molecule has 0 atom stereocenters. The number of hydrazone groups is 1. The van der Waals surface area contributed by atoms with E-state index in [2.05, 4.69) is 58.3 Å². The molecule has 0 radical (unpaired) electrons. The van der Waals surface area contributed by atoms with Crippen LogP contribution in [0.15, 0.2) is 73.1 Å². The monoisotopic (exact) mass is 683 g/mol. The summed E-state index contributed by atoms with van der Waals surface area (Å²) in [7, 11) is 1.49. The number of methoxy groups -OCH3 is 1. The number of rotatable bonds is 9. The largest absolute Gasteiger partial charge is 0.493 e. The highest BCUT2D eigenvalue weighted by molar-refractivity contribution is 9.11. The van der Waals surface area contributed by atoms with Crippen molar-refractivity contribution in [2.75, 3.05) is 13.7 Å². The lowest BCUT2D eigenvalue weighted by Crippen LogP contribution is -2.24. The summed E-state index contributed by atoms with van der Waals surface area (Å²) < 4.78 is 18.0. The van der Waals surface area contributed by atoms with Gasteiger partial charge in [-0.05, 0) is 79.9 Å². The van der Waals surface area contributed by atoms with Crippen molar-refractivity contribution in [3.63, 3.8) is 0 Å². The van der Waals surface area contributed by atoms with Crippen molar-refractivity contribution in [1.29, 1.82) is 0 Å². The molecule has 186 valence electrons. The van der Waals surface area contributed by atoms with E-state index < -0.39 is 16.8 Å². The van der Waals surface area contributed by atoms with Gasteiger partial charge in [0.2, 0.25) is 0 Å². The van der Waals surface area contributed by atoms with Crippen LogP contribution in [-0.4, -0.2) is 36.7 Å². The molecule has 3 aromatic rings. The Balaban J connectivity index is 1.55. The summed E-state index contributed by atoms with van der Waals surface area (Å²) in [6.45, 7) is -0.296. The van der Waals surface area contributed by atoms with Crippen LogP contribution < -0.4 is 19.6 Å². The van der Waals surface area contributed by atoms with Gasteiger partial charge in [-0.15, -0.1) is 0 Å². The molecule has 0 aliphatic heterocycles. The summed E-state index contributed by atoms with van der Waals surface area (Å²) in [5.74, 6) is -0.0968. The van der Waals surface area contributed by atoms with Crippen LogP contribution in [0.2, 0.25) is 0 Å². The van der Waals surface area contributed by atoms with Crippen LogP contribution in [0.25, 0.3) is 0 Å². The molecule has 36 heavy (non-hydrogen) atoms. The number of hydrogen-bond acceptors (Lipinski definition) is 8. The molecule has 0 aromatic heterocycles. The molecule has 3 aromatic carbocycles. The molecule has 0 spiro atoms. The summed E-state index contributed by atoms with van der Waals surface area (Å²) in [5.41, 5.74) is 3.00. The molecule has 1 N–H and O–H groups in total. The van der Waals surface area contributed by atoms with Gasteiger partial charge in [0.1, 0.15) is 5.75 Å². The van der Waals surface area contributed by atoms with Gasteiger partial charge in [0.05, 0.1) is 32.8 Å². The van der Waals surface area contributed by atoms with Gasteiger partial charge in [-0.1, -0.05) is 15.9 Å². The maximum atomic E-state index is 12.3. The van der Waals surface area contributed by atoms with Gasteiger partial charge in [0.15, 0.2) is 18.1 Å². The zero-order valence-corrected chi connectivity index (χ0v) is 23.1. The van der Waals surface area contributed by atoms with Gasteiger partial charge in [-0.2, -0.15) is 5.10 Å². The Labute approximate surface area is 230 Å². The average Bonchev–Trinajstić information content (AvgIpc) is 2.84.